The third-order valence-electron chi connectivity index (χ3n) is 7.11. The lowest BCUT2D eigenvalue weighted by Crippen LogP contribution is -2.50. The Bertz CT molecular complexity index is 1420. The number of esters is 1. The Kier molecular flexibility index (Phi) is 8.10. The van der Waals surface area contributed by atoms with E-state index in [2.05, 4.69) is 39.7 Å². The summed E-state index contributed by atoms with van der Waals surface area (Å²) in [5, 5.41) is 12.8. The molecule has 0 atom stereocenters. The van der Waals surface area contributed by atoms with Gasteiger partial charge in [-0.2, -0.15) is 4.80 Å². The smallest absolute Gasteiger partial charge is 0.410 e. The van der Waals surface area contributed by atoms with Gasteiger partial charge in [-0.05, 0) is 62.6 Å². The molecule has 1 saturated heterocycles. The summed E-state index contributed by atoms with van der Waals surface area (Å²) in [6.45, 7) is 9.41. The number of carbonyl (C=O) groups excluding carboxylic acids is 2. The first-order chi connectivity index (χ1) is 19.6. The van der Waals surface area contributed by atoms with Gasteiger partial charge in [-0.1, -0.05) is 42.5 Å². The molecule has 3 aromatic rings. The highest BCUT2D eigenvalue weighted by Crippen LogP contribution is 2.43. The lowest BCUT2D eigenvalue weighted by molar-refractivity contribution is -0.143. The summed E-state index contributed by atoms with van der Waals surface area (Å²) < 4.78 is 17.1. The van der Waals surface area contributed by atoms with Crippen molar-refractivity contribution in [2.75, 3.05) is 19.7 Å². The largest absolute Gasteiger partial charge is 0.482 e. The van der Waals surface area contributed by atoms with Crippen LogP contribution >= 0.6 is 0 Å². The Morgan fingerprint density at radius 2 is 1.73 bits per heavy atom. The summed E-state index contributed by atoms with van der Waals surface area (Å²) in [5.74, 6) is 1.15. The molecule has 10 nitrogen and oxygen atoms in total. The molecule has 1 aromatic heterocycles. The molecule has 2 aliphatic rings. The molecule has 2 aliphatic heterocycles. The number of tetrazole rings is 1. The zero-order chi connectivity index (χ0) is 29.0. The topological polar surface area (TPSA) is 109 Å². The molecule has 1 fully saturated rings. The summed E-state index contributed by atoms with van der Waals surface area (Å²) >= 11 is 0. The third kappa shape index (κ3) is 6.75. The summed E-state index contributed by atoms with van der Waals surface area (Å²) in [7, 11) is 0. The summed E-state index contributed by atoms with van der Waals surface area (Å²) in [4.78, 5) is 27.5. The van der Waals surface area contributed by atoms with Crippen LogP contribution in [0.15, 0.2) is 54.6 Å². The van der Waals surface area contributed by atoms with Gasteiger partial charge in [0.2, 0.25) is 5.82 Å². The number of ether oxygens (including phenoxy) is 3. The minimum absolute atomic E-state index is 0.220. The van der Waals surface area contributed by atoms with Crippen molar-refractivity contribution in [3.63, 3.8) is 0 Å². The molecular weight excluding hydrogens is 522 g/mol. The van der Waals surface area contributed by atoms with Crippen LogP contribution in [0.1, 0.15) is 64.5 Å². The number of nitrogens with zero attached hydrogens (tertiary/aromatic N) is 5. The average Bonchev–Trinajstić information content (AvgIpc) is 3.41. The molecule has 1 amide bonds. The van der Waals surface area contributed by atoms with Crippen LogP contribution in [0.2, 0.25) is 0 Å². The normalized spacial score (nSPS) is 16.0. The molecular formula is C31H37N5O5. The molecule has 1 spiro atoms. The van der Waals surface area contributed by atoms with Crippen molar-refractivity contribution in [1.29, 1.82) is 0 Å². The molecule has 0 aliphatic carbocycles. The number of piperidine rings is 1. The van der Waals surface area contributed by atoms with Crippen LogP contribution < -0.4 is 4.74 Å². The van der Waals surface area contributed by atoms with Crippen LogP contribution in [0.4, 0.5) is 4.79 Å². The summed E-state index contributed by atoms with van der Waals surface area (Å²) in [6.07, 6.45) is 4.18. The SMILES string of the molecule is CCOC(=O)CCCn1nnc(-c2ccc(C3=CC4(CCN(C(=O)OC(C)(C)C)CC4)Oc4ccccc43)cc2)n1. The van der Waals surface area contributed by atoms with Crippen molar-refractivity contribution in [2.24, 2.45) is 0 Å². The lowest BCUT2D eigenvalue weighted by atomic mass is 9.83. The zero-order valence-electron chi connectivity index (χ0n) is 24.1. The Balaban J connectivity index is 1.31. The Morgan fingerprint density at radius 1 is 1.02 bits per heavy atom. The van der Waals surface area contributed by atoms with E-state index in [4.69, 9.17) is 14.2 Å². The van der Waals surface area contributed by atoms with Crippen LogP contribution in [0, 0.1) is 0 Å². The molecule has 0 radical (unpaired) electrons. The molecule has 0 N–H and O–H groups in total. The van der Waals surface area contributed by atoms with Crippen LogP contribution in [-0.2, 0) is 20.8 Å². The van der Waals surface area contributed by atoms with Crippen molar-refractivity contribution in [3.8, 4) is 17.1 Å². The van der Waals surface area contributed by atoms with E-state index in [9.17, 15) is 9.59 Å². The highest BCUT2D eigenvalue weighted by molar-refractivity contribution is 5.85. The summed E-state index contributed by atoms with van der Waals surface area (Å²) in [5.41, 5.74) is 3.01. The van der Waals surface area contributed by atoms with E-state index < -0.39 is 11.2 Å². The predicted octanol–water partition coefficient (Wildman–Crippen LogP) is 5.28. The number of benzene rings is 2. The molecule has 3 heterocycles. The molecule has 5 rings (SSSR count). The number of likely N-dealkylation sites (tertiary alicyclic amines) is 1. The highest BCUT2D eigenvalue weighted by atomic mass is 16.6. The van der Waals surface area contributed by atoms with E-state index >= 15 is 0 Å². The van der Waals surface area contributed by atoms with Gasteiger partial charge in [0.15, 0.2) is 0 Å². The maximum Gasteiger partial charge on any atom is 0.410 e. The molecule has 216 valence electrons. The number of fused-ring (bicyclic) bond motifs is 1. The first-order valence-corrected chi connectivity index (χ1v) is 14.2. The van der Waals surface area contributed by atoms with Gasteiger partial charge in [0.25, 0.3) is 0 Å². The summed E-state index contributed by atoms with van der Waals surface area (Å²) in [6, 6.07) is 16.2. The number of aryl methyl sites for hydroxylation is 1. The Labute approximate surface area is 240 Å². The fourth-order valence-electron chi connectivity index (χ4n) is 5.10. The number of carbonyl (C=O) groups is 2. The van der Waals surface area contributed by atoms with Gasteiger partial charge in [0.05, 0.1) is 13.2 Å². The molecule has 41 heavy (non-hydrogen) atoms. The van der Waals surface area contributed by atoms with Gasteiger partial charge >= 0.3 is 12.1 Å². The van der Waals surface area contributed by atoms with Crippen LogP contribution in [-0.4, -0.2) is 68.1 Å². The molecule has 0 saturated carbocycles. The standard InChI is InChI=1S/C31H37N5O5/c1-5-39-27(37)11-8-18-36-33-28(32-34-36)23-14-12-22(13-15-23)25-21-31(40-26-10-7-6-9-24(25)26)16-19-35(20-17-31)29(38)41-30(2,3)4/h6-7,9-10,12-15,21H,5,8,11,16-20H2,1-4H3. The fraction of sp³-hybridized carbons (Fsp3) is 0.452. The second-order valence-corrected chi connectivity index (χ2v) is 11.4. The van der Waals surface area contributed by atoms with Crippen molar-refractivity contribution in [2.45, 2.75) is 71.1 Å². The van der Waals surface area contributed by atoms with Crippen LogP contribution in [0.3, 0.4) is 0 Å². The predicted molar refractivity (Wildman–Crippen MR) is 153 cm³/mol. The van der Waals surface area contributed by atoms with Gasteiger partial charge in [0, 0.05) is 43.5 Å². The van der Waals surface area contributed by atoms with E-state index in [0.717, 1.165) is 28.0 Å². The van der Waals surface area contributed by atoms with Gasteiger partial charge < -0.3 is 19.1 Å². The minimum Gasteiger partial charge on any atom is -0.482 e. The maximum atomic E-state index is 12.6. The monoisotopic (exact) mass is 559 g/mol. The Hall–Kier alpha value is -4.21. The second-order valence-electron chi connectivity index (χ2n) is 11.4. The Morgan fingerprint density at radius 3 is 2.44 bits per heavy atom. The number of rotatable bonds is 7. The average molecular weight is 560 g/mol. The number of para-hydroxylation sites is 1. The third-order valence-corrected chi connectivity index (χ3v) is 7.11. The van der Waals surface area contributed by atoms with Crippen LogP contribution in [0.25, 0.3) is 17.0 Å². The number of hydrogen-bond donors (Lipinski definition) is 0. The van der Waals surface area contributed by atoms with E-state index in [0.29, 0.717) is 57.7 Å². The number of aromatic nitrogens is 4. The minimum atomic E-state index is -0.528. The first kappa shape index (κ1) is 28.3. The van der Waals surface area contributed by atoms with Gasteiger partial charge in [0.1, 0.15) is 17.0 Å². The van der Waals surface area contributed by atoms with E-state index in [1.165, 1.54) is 4.80 Å². The number of amides is 1. The zero-order valence-corrected chi connectivity index (χ0v) is 24.1. The van der Waals surface area contributed by atoms with Gasteiger partial charge in [-0.25, -0.2) is 4.79 Å². The first-order valence-electron chi connectivity index (χ1n) is 14.2. The van der Waals surface area contributed by atoms with Crippen molar-refractivity contribution < 1.29 is 23.8 Å². The maximum absolute atomic E-state index is 12.6. The second kappa shape index (κ2) is 11.7. The molecule has 0 bridgehead atoms. The molecule has 2 aromatic carbocycles. The lowest BCUT2D eigenvalue weighted by Gasteiger charge is -2.43. The van der Waals surface area contributed by atoms with E-state index in [1.54, 1.807) is 11.8 Å². The van der Waals surface area contributed by atoms with Crippen molar-refractivity contribution in [1.82, 2.24) is 25.1 Å². The van der Waals surface area contributed by atoms with Crippen molar-refractivity contribution in [3.05, 3.63) is 65.7 Å². The molecule has 10 heteroatoms. The van der Waals surface area contributed by atoms with Gasteiger partial charge in [-0.3, -0.25) is 4.79 Å². The van der Waals surface area contributed by atoms with Crippen LogP contribution in [0.5, 0.6) is 5.75 Å². The quantitative estimate of drug-likeness (QED) is 0.360. The molecule has 0 unspecified atom stereocenters. The highest BCUT2D eigenvalue weighted by Gasteiger charge is 2.40. The number of hydrogen-bond acceptors (Lipinski definition) is 8. The fourth-order valence-corrected chi connectivity index (χ4v) is 5.10. The van der Waals surface area contributed by atoms with E-state index in [1.807, 2.05) is 51.1 Å². The van der Waals surface area contributed by atoms with Crippen molar-refractivity contribution >= 4 is 17.6 Å². The van der Waals surface area contributed by atoms with Gasteiger partial charge in [-0.15, -0.1) is 10.2 Å². The van der Waals surface area contributed by atoms with E-state index in [-0.39, 0.29) is 12.1 Å².